The van der Waals surface area contributed by atoms with E-state index in [9.17, 15) is 19.7 Å². The van der Waals surface area contributed by atoms with Gasteiger partial charge in [-0.3, -0.25) is 19.7 Å². The molecular formula is C28H27N3O6. The lowest BCUT2D eigenvalue weighted by Crippen LogP contribution is -2.39. The van der Waals surface area contributed by atoms with Crippen molar-refractivity contribution in [2.45, 2.75) is 19.8 Å². The Morgan fingerprint density at radius 2 is 1.95 bits per heavy atom. The van der Waals surface area contributed by atoms with Crippen LogP contribution in [0.1, 0.15) is 24.0 Å². The van der Waals surface area contributed by atoms with Crippen LogP contribution in [0, 0.1) is 17.0 Å². The van der Waals surface area contributed by atoms with Crippen LogP contribution in [0.5, 0.6) is 11.5 Å². The van der Waals surface area contributed by atoms with Gasteiger partial charge in [0.25, 0.3) is 11.6 Å². The second-order valence-electron chi connectivity index (χ2n) is 8.56. The van der Waals surface area contributed by atoms with Crippen LogP contribution in [-0.4, -0.2) is 36.5 Å². The highest BCUT2D eigenvalue weighted by Gasteiger charge is 2.25. The fraction of sp³-hybridized carbons (Fsp3) is 0.214. The summed E-state index contributed by atoms with van der Waals surface area (Å²) < 4.78 is 11.4. The lowest BCUT2D eigenvalue weighted by molar-refractivity contribution is -0.384. The van der Waals surface area contributed by atoms with Gasteiger partial charge in [0.05, 0.1) is 17.2 Å². The number of nitro benzene ring substituents is 1. The maximum absolute atomic E-state index is 12.6. The minimum Gasteiger partial charge on any atom is -0.494 e. The molecule has 1 aliphatic heterocycles. The molecule has 0 saturated heterocycles. The molecule has 0 unspecified atom stereocenters. The molecule has 190 valence electrons. The normalized spacial score (nSPS) is 12.7. The average Bonchev–Trinajstić information content (AvgIpc) is 2.88. The molecule has 3 aromatic rings. The third kappa shape index (κ3) is 6.94. The molecule has 0 aliphatic carbocycles. The van der Waals surface area contributed by atoms with E-state index in [2.05, 4.69) is 5.32 Å². The number of amides is 2. The Morgan fingerprint density at radius 1 is 1.14 bits per heavy atom. The Kier molecular flexibility index (Phi) is 8.15. The number of hydrogen-bond acceptors (Lipinski definition) is 6. The highest BCUT2D eigenvalue weighted by molar-refractivity contribution is 6.03. The monoisotopic (exact) mass is 501 g/mol. The summed E-state index contributed by atoms with van der Waals surface area (Å²) in [5, 5.41) is 13.5. The van der Waals surface area contributed by atoms with Gasteiger partial charge in [-0.1, -0.05) is 12.1 Å². The van der Waals surface area contributed by atoms with Crippen LogP contribution in [0.2, 0.25) is 0 Å². The number of unbranched alkanes of at least 4 members (excludes halogenated alkanes) is 1. The molecule has 3 aromatic carbocycles. The van der Waals surface area contributed by atoms with E-state index in [0.29, 0.717) is 35.8 Å². The van der Waals surface area contributed by atoms with E-state index in [1.807, 2.05) is 31.2 Å². The van der Waals surface area contributed by atoms with E-state index < -0.39 is 4.92 Å². The molecule has 1 N–H and O–H groups in total. The first-order valence-corrected chi connectivity index (χ1v) is 11.9. The first kappa shape index (κ1) is 25.4. The zero-order valence-electron chi connectivity index (χ0n) is 20.4. The third-order valence-corrected chi connectivity index (χ3v) is 5.73. The van der Waals surface area contributed by atoms with Crippen LogP contribution in [0.3, 0.4) is 0 Å². The van der Waals surface area contributed by atoms with Crippen molar-refractivity contribution in [2.75, 3.05) is 30.0 Å². The molecular weight excluding hydrogens is 474 g/mol. The molecule has 2 amide bonds. The number of carbonyl (C=O) groups is 2. The number of nitrogens with zero attached hydrogens (tertiary/aromatic N) is 2. The Bertz CT molecular complexity index is 1320. The van der Waals surface area contributed by atoms with Crippen molar-refractivity contribution in [3.8, 4) is 11.5 Å². The summed E-state index contributed by atoms with van der Waals surface area (Å²) in [6, 6.07) is 18.9. The molecule has 0 aromatic heterocycles. The zero-order chi connectivity index (χ0) is 26.2. The van der Waals surface area contributed by atoms with E-state index in [4.69, 9.17) is 9.47 Å². The average molecular weight is 502 g/mol. The third-order valence-electron chi connectivity index (χ3n) is 5.73. The van der Waals surface area contributed by atoms with Gasteiger partial charge in [-0.2, -0.15) is 0 Å². The number of carbonyl (C=O) groups excluding carboxylic acids is 2. The molecule has 0 bridgehead atoms. The van der Waals surface area contributed by atoms with Crippen molar-refractivity contribution in [1.82, 2.24) is 0 Å². The van der Waals surface area contributed by atoms with Crippen molar-refractivity contribution in [1.29, 1.82) is 0 Å². The highest BCUT2D eigenvalue weighted by atomic mass is 16.6. The van der Waals surface area contributed by atoms with Gasteiger partial charge >= 0.3 is 0 Å². The van der Waals surface area contributed by atoms with Crippen LogP contribution in [0.25, 0.3) is 6.08 Å². The van der Waals surface area contributed by atoms with Crippen LogP contribution in [0.4, 0.5) is 17.1 Å². The number of fused-ring (bicyclic) bond motifs is 1. The van der Waals surface area contributed by atoms with Crippen molar-refractivity contribution in [3.63, 3.8) is 0 Å². The van der Waals surface area contributed by atoms with Crippen LogP contribution >= 0.6 is 0 Å². The molecule has 0 atom stereocenters. The van der Waals surface area contributed by atoms with Crippen LogP contribution < -0.4 is 19.7 Å². The Labute approximate surface area is 214 Å². The van der Waals surface area contributed by atoms with Crippen molar-refractivity contribution < 1.29 is 24.0 Å². The standard InChI is InChI=1S/C28H27N3O6/c1-20-5-4-6-24(17-20)36-16-3-2-15-30-25-18-22(10-13-26(25)37-19-28(30)33)29-27(32)14-9-21-7-11-23(12-8-21)31(34)35/h4-14,17-18H,2-3,15-16,19H2,1H3,(H,29,32)/b14-9+. The van der Waals surface area contributed by atoms with Crippen molar-refractivity contribution >= 4 is 35.0 Å². The molecule has 0 radical (unpaired) electrons. The minimum atomic E-state index is -0.479. The Balaban J connectivity index is 1.33. The quantitative estimate of drug-likeness (QED) is 0.178. The number of nitro groups is 1. The molecule has 37 heavy (non-hydrogen) atoms. The molecule has 1 aliphatic rings. The predicted molar refractivity (Wildman–Crippen MR) is 141 cm³/mol. The van der Waals surface area contributed by atoms with Gasteiger partial charge in [0.2, 0.25) is 5.91 Å². The van der Waals surface area contributed by atoms with Gasteiger partial charge in [0.15, 0.2) is 6.61 Å². The SMILES string of the molecule is Cc1cccc(OCCCCN2C(=O)COc3ccc(NC(=O)/C=C/c4ccc([N+](=O)[O-])cc4)cc32)c1. The number of non-ortho nitro benzene ring substituents is 1. The molecule has 9 nitrogen and oxygen atoms in total. The summed E-state index contributed by atoms with van der Waals surface area (Å²) in [4.78, 5) is 37.0. The van der Waals surface area contributed by atoms with Gasteiger partial charge < -0.3 is 19.7 Å². The number of aryl methyl sites for hydroxylation is 1. The summed E-state index contributed by atoms with van der Waals surface area (Å²) in [5.41, 5.74) is 2.90. The number of anilines is 2. The summed E-state index contributed by atoms with van der Waals surface area (Å²) in [5.74, 6) is 0.890. The highest BCUT2D eigenvalue weighted by Crippen LogP contribution is 2.34. The van der Waals surface area contributed by atoms with Gasteiger partial charge in [-0.15, -0.1) is 0 Å². The summed E-state index contributed by atoms with van der Waals surface area (Å²) in [6.07, 6.45) is 4.42. The first-order valence-electron chi connectivity index (χ1n) is 11.9. The summed E-state index contributed by atoms with van der Waals surface area (Å²) >= 11 is 0. The summed E-state index contributed by atoms with van der Waals surface area (Å²) in [6.45, 7) is 3.03. The number of rotatable bonds is 10. The van der Waals surface area contributed by atoms with Crippen LogP contribution in [-0.2, 0) is 9.59 Å². The van der Waals surface area contributed by atoms with E-state index in [-0.39, 0.29) is 24.1 Å². The fourth-order valence-electron chi connectivity index (χ4n) is 3.86. The number of nitrogens with one attached hydrogen (secondary N) is 1. The molecule has 9 heteroatoms. The maximum Gasteiger partial charge on any atom is 0.269 e. The maximum atomic E-state index is 12.6. The topological polar surface area (TPSA) is 111 Å². The lowest BCUT2D eigenvalue weighted by Gasteiger charge is -2.30. The Hall–Kier alpha value is -4.66. The Morgan fingerprint density at radius 3 is 2.70 bits per heavy atom. The number of benzene rings is 3. The summed E-state index contributed by atoms with van der Waals surface area (Å²) in [7, 11) is 0. The van der Waals surface area contributed by atoms with E-state index in [1.165, 1.54) is 18.2 Å². The molecule has 0 fully saturated rings. The smallest absolute Gasteiger partial charge is 0.269 e. The second-order valence-corrected chi connectivity index (χ2v) is 8.56. The lowest BCUT2D eigenvalue weighted by atomic mass is 10.1. The largest absolute Gasteiger partial charge is 0.494 e. The van der Waals surface area contributed by atoms with Crippen LogP contribution in [0.15, 0.2) is 72.8 Å². The zero-order valence-corrected chi connectivity index (χ0v) is 20.4. The molecule has 4 rings (SSSR count). The van der Waals surface area contributed by atoms with Gasteiger partial charge in [0.1, 0.15) is 11.5 Å². The van der Waals surface area contributed by atoms with Crippen molar-refractivity contribution in [2.24, 2.45) is 0 Å². The second kappa shape index (κ2) is 11.9. The van der Waals surface area contributed by atoms with E-state index in [0.717, 1.165) is 24.2 Å². The number of hydrogen-bond donors (Lipinski definition) is 1. The van der Waals surface area contributed by atoms with E-state index in [1.54, 1.807) is 41.3 Å². The van der Waals surface area contributed by atoms with Gasteiger partial charge in [-0.25, -0.2) is 0 Å². The fourth-order valence-corrected chi connectivity index (χ4v) is 3.86. The van der Waals surface area contributed by atoms with Gasteiger partial charge in [-0.05, 0) is 79.4 Å². The van der Waals surface area contributed by atoms with Gasteiger partial charge in [0, 0.05) is 30.4 Å². The van der Waals surface area contributed by atoms with Crippen molar-refractivity contribution in [3.05, 3.63) is 94.0 Å². The molecule has 0 saturated carbocycles. The predicted octanol–water partition coefficient (Wildman–Crippen LogP) is 5.14. The first-order chi connectivity index (χ1) is 17.9. The molecule has 1 heterocycles. The minimum absolute atomic E-state index is 0.0178. The van der Waals surface area contributed by atoms with E-state index >= 15 is 0 Å². The number of ether oxygens (including phenoxy) is 2. The molecule has 0 spiro atoms.